The quantitative estimate of drug-likeness (QED) is 0.146. The zero-order chi connectivity index (χ0) is 35.7. The van der Waals surface area contributed by atoms with Gasteiger partial charge in [-0.15, -0.1) is 0 Å². The molecule has 13 heteroatoms. The molecule has 0 spiro atoms. The maximum atomic E-state index is 15.0. The predicted octanol–water partition coefficient (Wildman–Crippen LogP) is 6.48. The number of amides is 1. The van der Waals surface area contributed by atoms with Gasteiger partial charge in [0.15, 0.2) is 18.2 Å². The van der Waals surface area contributed by atoms with Gasteiger partial charge in [-0.05, 0) is 86.9 Å². The molecule has 10 nitrogen and oxygen atoms in total. The number of benzene rings is 1. The van der Waals surface area contributed by atoms with Crippen molar-refractivity contribution in [2.45, 2.75) is 83.3 Å². The number of pyridine rings is 3. The van der Waals surface area contributed by atoms with E-state index in [9.17, 15) is 13.2 Å². The summed E-state index contributed by atoms with van der Waals surface area (Å²) >= 11 is 0. The van der Waals surface area contributed by atoms with Crippen LogP contribution in [0.25, 0.3) is 22.3 Å². The third kappa shape index (κ3) is 8.51. The molecule has 1 saturated heterocycles. The van der Waals surface area contributed by atoms with Gasteiger partial charge >= 0.3 is 0 Å². The fraction of sp³-hybridized carbons (Fsp3) is 0.444. The topological polar surface area (TPSA) is 124 Å². The van der Waals surface area contributed by atoms with Crippen molar-refractivity contribution in [3.63, 3.8) is 0 Å². The van der Waals surface area contributed by atoms with E-state index in [1.54, 1.807) is 12.3 Å². The van der Waals surface area contributed by atoms with Crippen molar-refractivity contribution in [2.75, 3.05) is 30.3 Å². The van der Waals surface area contributed by atoms with Crippen molar-refractivity contribution in [2.24, 2.45) is 0 Å². The van der Waals surface area contributed by atoms with E-state index in [0.717, 1.165) is 42.1 Å². The number of morpholine rings is 1. The molecule has 3 aromatic heterocycles. The Morgan fingerprint density at radius 3 is 2.45 bits per heavy atom. The molecule has 1 aliphatic rings. The number of rotatable bonds is 10. The molecule has 1 N–H and O–H groups in total. The third-order valence-corrected chi connectivity index (χ3v) is 15.6. The Balaban J connectivity index is 1.29. The van der Waals surface area contributed by atoms with Gasteiger partial charge in [-0.2, -0.15) is 0 Å². The monoisotopic (exact) mass is 707 g/mol. The molecular formula is C36H46FN5O5SSi. The second-order valence-electron chi connectivity index (χ2n) is 14.3. The molecule has 1 fully saturated rings. The number of nitrogens with zero attached hydrogens (tertiary/aromatic N) is 4. The first-order valence-electron chi connectivity index (χ1n) is 16.5. The number of aryl methyl sites for hydroxylation is 1. The van der Waals surface area contributed by atoms with E-state index in [4.69, 9.17) is 19.1 Å². The minimum absolute atomic E-state index is 0.0163. The van der Waals surface area contributed by atoms with Crippen LogP contribution < -0.4 is 10.2 Å². The molecule has 0 aliphatic carbocycles. The van der Waals surface area contributed by atoms with Crippen LogP contribution in [0, 0.1) is 12.7 Å². The molecule has 0 radical (unpaired) electrons. The van der Waals surface area contributed by atoms with E-state index in [-0.39, 0.29) is 52.2 Å². The Bertz CT molecular complexity index is 1960. The van der Waals surface area contributed by atoms with Crippen LogP contribution >= 0.6 is 0 Å². The first kappa shape index (κ1) is 36.5. The van der Waals surface area contributed by atoms with Crippen molar-refractivity contribution in [3.05, 3.63) is 77.4 Å². The lowest BCUT2D eigenvalue weighted by Crippen LogP contribution is -2.45. The van der Waals surface area contributed by atoms with Crippen molar-refractivity contribution in [3.8, 4) is 11.4 Å². The van der Waals surface area contributed by atoms with Gasteiger partial charge in [0.2, 0.25) is 0 Å². The fourth-order valence-electron chi connectivity index (χ4n) is 5.57. The Morgan fingerprint density at radius 1 is 1.06 bits per heavy atom. The molecule has 0 saturated carbocycles. The first-order chi connectivity index (χ1) is 22.9. The van der Waals surface area contributed by atoms with E-state index in [1.807, 2.05) is 43.4 Å². The third-order valence-electron chi connectivity index (χ3n) is 9.27. The zero-order valence-electron chi connectivity index (χ0n) is 29.5. The molecule has 262 valence electrons. The first-order valence-corrected chi connectivity index (χ1v) is 21.1. The van der Waals surface area contributed by atoms with Crippen LogP contribution in [0.15, 0.2) is 59.6 Å². The molecule has 1 amide bonds. The summed E-state index contributed by atoms with van der Waals surface area (Å²) in [4.78, 5) is 29.4. The number of carbonyl (C=O) groups is 1. The number of sulfone groups is 1. The number of halogens is 1. The number of fused-ring (bicyclic) bond motifs is 1. The van der Waals surface area contributed by atoms with Gasteiger partial charge in [-0.3, -0.25) is 9.78 Å². The minimum atomic E-state index is -3.85. The van der Waals surface area contributed by atoms with E-state index in [1.165, 1.54) is 6.92 Å². The van der Waals surface area contributed by atoms with Crippen LogP contribution in [0.1, 0.15) is 56.2 Å². The average molecular weight is 708 g/mol. The number of carbonyl (C=O) groups excluding carboxylic acids is 1. The molecule has 4 aromatic rings. The Kier molecular flexibility index (Phi) is 10.6. The Hall–Kier alpha value is -3.78. The normalized spacial score (nSPS) is 17.4. The smallest absolute Gasteiger partial charge is 0.254 e. The van der Waals surface area contributed by atoms with Gasteiger partial charge in [-0.1, -0.05) is 26.8 Å². The van der Waals surface area contributed by atoms with E-state index in [0.29, 0.717) is 16.9 Å². The molecule has 5 rings (SSSR count). The summed E-state index contributed by atoms with van der Waals surface area (Å²) < 4.78 is 53.5. The predicted molar refractivity (Wildman–Crippen MR) is 192 cm³/mol. The Labute approximate surface area is 289 Å². The average Bonchev–Trinajstić information content (AvgIpc) is 3.02. The SMILES string of the molecule is Cc1cc(F)c(C(=O)NCc2cc3nc(-c4cccc(N5C[C@@H](C)O[C@@H](C)C5)n4)ccc3cn2)cc1S(=O)(=O)CCO[Si](C)(C)C(C)(C)C. The number of nitrogens with one attached hydrogen (secondary N) is 1. The maximum absolute atomic E-state index is 15.0. The number of ether oxygens (including phenoxy) is 1. The number of aromatic nitrogens is 3. The summed E-state index contributed by atoms with van der Waals surface area (Å²) in [6.45, 7) is 17.5. The van der Waals surface area contributed by atoms with Crippen molar-refractivity contribution < 1.29 is 26.8 Å². The van der Waals surface area contributed by atoms with Crippen LogP contribution in [-0.2, 0) is 25.5 Å². The number of hydrogen-bond acceptors (Lipinski definition) is 9. The maximum Gasteiger partial charge on any atom is 0.254 e. The molecule has 2 atom stereocenters. The highest BCUT2D eigenvalue weighted by atomic mass is 32.2. The highest BCUT2D eigenvalue weighted by Gasteiger charge is 2.37. The second kappa shape index (κ2) is 14.2. The molecule has 1 aromatic carbocycles. The molecule has 4 heterocycles. The van der Waals surface area contributed by atoms with E-state index >= 15 is 4.39 Å². The molecule has 0 unspecified atom stereocenters. The number of hydrogen-bond donors (Lipinski definition) is 1. The lowest BCUT2D eigenvalue weighted by Gasteiger charge is -2.36. The minimum Gasteiger partial charge on any atom is -0.416 e. The summed E-state index contributed by atoms with van der Waals surface area (Å²) in [6.07, 6.45) is 1.88. The van der Waals surface area contributed by atoms with Crippen LogP contribution in [-0.4, -0.2) is 75.3 Å². The lowest BCUT2D eigenvalue weighted by atomic mass is 10.1. The largest absolute Gasteiger partial charge is 0.416 e. The summed E-state index contributed by atoms with van der Waals surface area (Å²) in [5.41, 5.74) is 2.46. The van der Waals surface area contributed by atoms with Gasteiger partial charge < -0.3 is 19.4 Å². The lowest BCUT2D eigenvalue weighted by molar-refractivity contribution is -0.00545. The highest BCUT2D eigenvalue weighted by Crippen LogP contribution is 2.36. The van der Waals surface area contributed by atoms with Gasteiger partial charge in [0.05, 0.1) is 57.6 Å². The summed E-state index contributed by atoms with van der Waals surface area (Å²) in [7, 11) is -6.01. The molecular weight excluding hydrogens is 662 g/mol. The van der Waals surface area contributed by atoms with Crippen LogP contribution in [0.5, 0.6) is 0 Å². The second-order valence-corrected chi connectivity index (χ2v) is 21.2. The van der Waals surface area contributed by atoms with Crippen molar-refractivity contribution in [1.82, 2.24) is 20.3 Å². The van der Waals surface area contributed by atoms with E-state index in [2.05, 4.69) is 49.8 Å². The van der Waals surface area contributed by atoms with Crippen LogP contribution in [0.4, 0.5) is 10.2 Å². The van der Waals surface area contributed by atoms with Gasteiger partial charge in [0.25, 0.3) is 5.91 Å². The van der Waals surface area contributed by atoms with Crippen molar-refractivity contribution >= 4 is 40.8 Å². The summed E-state index contributed by atoms with van der Waals surface area (Å²) in [5.74, 6) is -0.963. The van der Waals surface area contributed by atoms with Gasteiger partial charge in [0, 0.05) is 31.3 Å². The zero-order valence-corrected chi connectivity index (χ0v) is 31.3. The number of anilines is 1. The Morgan fingerprint density at radius 2 is 1.76 bits per heavy atom. The van der Waals surface area contributed by atoms with Gasteiger partial charge in [-0.25, -0.2) is 22.8 Å². The van der Waals surface area contributed by atoms with Crippen LogP contribution in [0.2, 0.25) is 18.1 Å². The summed E-state index contributed by atoms with van der Waals surface area (Å²) in [5, 5.41) is 3.42. The molecule has 0 bridgehead atoms. The molecule has 49 heavy (non-hydrogen) atoms. The molecule has 1 aliphatic heterocycles. The highest BCUT2D eigenvalue weighted by molar-refractivity contribution is 7.91. The fourth-order valence-corrected chi connectivity index (χ4v) is 8.13. The standard InChI is InChI=1S/C36H46FN5O5SSi/c1-23-16-29(37)28(18-33(23)48(44,45)15-14-46-49(7,8)36(4,5)6)35(43)39-20-27-17-32-26(19-38-27)12-13-31(40-32)30-10-9-11-34(41-30)42-21-24(2)47-25(3)22-42/h9-13,16-19,24-25H,14-15,20-22H2,1-8H3,(H,39,43)/t24-,25+. The van der Waals surface area contributed by atoms with Crippen molar-refractivity contribution in [1.29, 1.82) is 0 Å². The van der Waals surface area contributed by atoms with Gasteiger partial charge in [0.1, 0.15) is 11.6 Å². The summed E-state index contributed by atoms with van der Waals surface area (Å²) in [6, 6.07) is 13.6. The van der Waals surface area contributed by atoms with E-state index < -0.39 is 29.9 Å². The van der Waals surface area contributed by atoms with Crippen LogP contribution in [0.3, 0.4) is 0 Å².